The van der Waals surface area contributed by atoms with Gasteiger partial charge in [-0.15, -0.1) is 0 Å². The van der Waals surface area contributed by atoms with E-state index in [1.165, 1.54) is 6.20 Å². The normalized spacial score (nSPS) is 22.5. The van der Waals surface area contributed by atoms with E-state index in [0.717, 1.165) is 27.5 Å². The molecule has 1 aliphatic heterocycles. The van der Waals surface area contributed by atoms with Crippen LogP contribution in [-0.4, -0.2) is 57.1 Å². The van der Waals surface area contributed by atoms with Gasteiger partial charge in [-0.05, 0) is 43.9 Å². The van der Waals surface area contributed by atoms with Crippen LogP contribution in [0.4, 0.5) is 0 Å². The van der Waals surface area contributed by atoms with Crippen molar-refractivity contribution < 1.29 is 24.5 Å². The minimum Gasteiger partial charge on any atom is -0.493 e. The quantitative estimate of drug-likeness (QED) is 0.392. The van der Waals surface area contributed by atoms with Crippen molar-refractivity contribution in [2.75, 3.05) is 13.2 Å². The van der Waals surface area contributed by atoms with E-state index in [1.807, 2.05) is 45.9 Å². The van der Waals surface area contributed by atoms with E-state index in [9.17, 15) is 24.6 Å². The molecule has 34 heavy (non-hydrogen) atoms. The van der Waals surface area contributed by atoms with E-state index < -0.39 is 41.2 Å². The fourth-order valence-corrected chi connectivity index (χ4v) is 3.86. The maximum Gasteiger partial charge on any atom is 0.330 e. The van der Waals surface area contributed by atoms with Crippen LogP contribution in [0.3, 0.4) is 0 Å². The smallest absolute Gasteiger partial charge is 0.330 e. The number of aromatic amines is 1. The van der Waals surface area contributed by atoms with Crippen LogP contribution >= 0.6 is 0 Å². The van der Waals surface area contributed by atoms with Gasteiger partial charge in [0, 0.05) is 24.2 Å². The number of aromatic nitrogens is 2. The molecule has 2 heterocycles. The Morgan fingerprint density at radius 3 is 2.65 bits per heavy atom. The highest BCUT2D eigenvalue weighted by Gasteiger charge is 2.44. The third-order valence-corrected chi connectivity index (χ3v) is 6.09. The fourth-order valence-electron chi connectivity index (χ4n) is 3.86. The minimum atomic E-state index is -1.40. The molecule has 1 aromatic heterocycles. The Morgan fingerprint density at radius 1 is 1.21 bits per heavy atom. The zero-order chi connectivity index (χ0) is 25.0. The molecule has 0 radical (unpaired) electrons. The predicted molar refractivity (Wildman–Crippen MR) is 125 cm³/mol. The number of nitrogens with one attached hydrogen (secondary N) is 2. The van der Waals surface area contributed by atoms with Crippen LogP contribution in [0.1, 0.15) is 44.0 Å². The number of nitrogens with zero attached hydrogens (tertiary/aromatic N) is 1. The number of carbonyl (C=O) groups is 1. The Balaban J connectivity index is 1.50. The number of H-pyrrole nitrogens is 1. The highest BCUT2D eigenvalue weighted by molar-refractivity contribution is 5.81. The second-order valence-corrected chi connectivity index (χ2v) is 9.38. The summed E-state index contributed by atoms with van der Waals surface area (Å²) >= 11 is 0. The number of benzene rings is 1. The van der Waals surface area contributed by atoms with E-state index >= 15 is 0 Å². The summed E-state index contributed by atoms with van der Waals surface area (Å²) in [6.45, 7) is 8.07. The van der Waals surface area contributed by atoms with E-state index in [2.05, 4.69) is 10.3 Å². The topological polar surface area (TPSA) is 143 Å². The highest BCUT2D eigenvalue weighted by Crippen LogP contribution is 2.29. The summed E-state index contributed by atoms with van der Waals surface area (Å²) in [6, 6.07) is 7.14. The predicted octanol–water partition coefficient (Wildman–Crippen LogP) is 0.774. The largest absolute Gasteiger partial charge is 0.493 e. The van der Waals surface area contributed by atoms with Gasteiger partial charge in [-0.2, -0.15) is 0 Å². The van der Waals surface area contributed by atoms with Crippen LogP contribution in [-0.2, 0) is 9.53 Å². The number of hydrogen-bond donors (Lipinski definition) is 4. The molecule has 0 spiro atoms. The lowest BCUT2D eigenvalue weighted by Crippen LogP contribution is -2.44. The molecular formula is C24H33N3O7. The zero-order valence-corrected chi connectivity index (χ0v) is 19.9. The van der Waals surface area contributed by atoms with Gasteiger partial charge in [-0.3, -0.25) is 19.1 Å². The van der Waals surface area contributed by atoms with E-state index in [1.54, 1.807) is 0 Å². The molecule has 0 bridgehead atoms. The molecule has 10 heteroatoms. The maximum atomic E-state index is 12.8. The molecule has 10 nitrogen and oxygen atoms in total. The number of aliphatic hydroxyl groups is 2. The summed E-state index contributed by atoms with van der Waals surface area (Å²) in [7, 11) is 0. The van der Waals surface area contributed by atoms with Gasteiger partial charge >= 0.3 is 5.69 Å². The molecule has 1 saturated heterocycles. The first-order valence-electron chi connectivity index (χ1n) is 11.3. The minimum absolute atomic E-state index is 0.0475. The second kappa shape index (κ2) is 10.5. The average Bonchev–Trinajstić information content (AvgIpc) is 3.05. The van der Waals surface area contributed by atoms with E-state index in [0.29, 0.717) is 19.4 Å². The van der Waals surface area contributed by atoms with Crippen molar-refractivity contribution >= 4 is 5.91 Å². The SMILES string of the molecule is Cc1ccc(C)c(OCCCC(C)(C)C(=O)NC[C@H]2O[C@@H](n3ccc(=O)[nH]c3=O)[C@H](O)[C@@H]2O)c1. The summed E-state index contributed by atoms with van der Waals surface area (Å²) in [5.41, 5.74) is 0.136. The number of aliphatic hydroxyl groups excluding tert-OH is 2. The Hall–Kier alpha value is -2.95. The van der Waals surface area contributed by atoms with Crippen molar-refractivity contribution in [3.05, 3.63) is 62.4 Å². The van der Waals surface area contributed by atoms with Gasteiger partial charge in [0.25, 0.3) is 5.56 Å². The molecule has 0 aliphatic carbocycles. The van der Waals surface area contributed by atoms with Crippen molar-refractivity contribution in [1.82, 2.24) is 14.9 Å². The fraction of sp³-hybridized carbons (Fsp3) is 0.542. The van der Waals surface area contributed by atoms with Gasteiger partial charge in [0.05, 0.1) is 6.61 Å². The summed E-state index contributed by atoms with van der Waals surface area (Å²) in [5, 5.41) is 23.4. The molecule has 4 N–H and O–H groups in total. The molecule has 3 rings (SSSR count). The van der Waals surface area contributed by atoms with Crippen LogP contribution in [0.5, 0.6) is 5.75 Å². The van der Waals surface area contributed by atoms with Crippen LogP contribution < -0.4 is 21.3 Å². The number of rotatable bonds is 9. The number of ether oxygens (including phenoxy) is 2. The maximum absolute atomic E-state index is 12.8. The zero-order valence-electron chi connectivity index (χ0n) is 19.9. The Labute approximate surface area is 197 Å². The van der Waals surface area contributed by atoms with Crippen molar-refractivity contribution in [1.29, 1.82) is 0 Å². The molecular weight excluding hydrogens is 442 g/mol. The molecule has 1 aliphatic rings. The summed E-state index contributed by atoms with van der Waals surface area (Å²) < 4.78 is 12.5. The standard InChI is InChI=1S/C24H33N3O7/c1-14-6-7-15(2)16(12-14)33-11-5-9-24(3,4)22(31)25-13-17-19(29)20(30)21(34-17)27-10-8-18(28)26-23(27)32/h6-8,10,12,17,19-21,29-30H,5,9,11,13H2,1-4H3,(H,25,31)(H,26,28,32)/t17-,19-,20-,21-/m1/s1. The molecule has 1 aromatic carbocycles. The van der Waals surface area contributed by atoms with Crippen molar-refractivity contribution in [3.8, 4) is 5.75 Å². The monoisotopic (exact) mass is 475 g/mol. The summed E-state index contributed by atoms with van der Waals surface area (Å²) in [4.78, 5) is 38.1. The van der Waals surface area contributed by atoms with Crippen molar-refractivity contribution in [2.45, 2.75) is 65.1 Å². The Bertz CT molecular complexity index is 1120. The molecule has 2 aromatic rings. The lowest BCUT2D eigenvalue weighted by atomic mass is 9.87. The molecule has 186 valence electrons. The third kappa shape index (κ3) is 5.94. The first kappa shape index (κ1) is 25.7. The van der Waals surface area contributed by atoms with Crippen LogP contribution in [0.15, 0.2) is 40.1 Å². The van der Waals surface area contributed by atoms with E-state index in [4.69, 9.17) is 9.47 Å². The van der Waals surface area contributed by atoms with Gasteiger partial charge < -0.3 is 25.0 Å². The number of carbonyl (C=O) groups excluding carboxylic acids is 1. The van der Waals surface area contributed by atoms with Gasteiger partial charge in [-0.25, -0.2) is 4.79 Å². The molecule has 0 unspecified atom stereocenters. The lowest BCUT2D eigenvalue weighted by Gasteiger charge is -2.25. The highest BCUT2D eigenvalue weighted by atomic mass is 16.6. The average molecular weight is 476 g/mol. The van der Waals surface area contributed by atoms with Crippen LogP contribution in [0.2, 0.25) is 0 Å². The molecule has 1 amide bonds. The lowest BCUT2D eigenvalue weighted by molar-refractivity contribution is -0.130. The summed E-state index contributed by atoms with van der Waals surface area (Å²) in [6.07, 6.45) is -2.39. The van der Waals surface area contributed by atoms with Gasteiger partial charge in [0.2, 0.25) is 5.91 Å². The summed E-state index contributed by atoms with van der Waals surface area (Å²) in [5.74, 6) is 0.610. The van der Waals surface area contributed by atoms with Crippen LogP contribution in [0.25, 0.3) is 0 Å². The third-order valence-electron chi connectivity index (χ3n) is 6.09. The molecule has 0 saturated carbocycles. The Morgan fingerprint density at radius 2 is 1.94 bits per heavy atom. The molecule has 4 atom stereocenters. The number of hydrogen-bond acceptors (Lipinski definition) is 7. The number of amides is 1. The van der Waals surface area contributed by atoms with E-state index in [-0.39, 0.29) is 12.5 Å². The van der Waals surface area contributed by atoms with Gasteiger partial charge in [0.1, 0.15) is 24.1 Å². The second-order valence-electron chi connectivity index (χ2n) is 9.38. The number of aryl methyl sites for hydroxylation is 2. The van der Waals surface area contributed by atoms with Gasteiger partial charge in [-0.1, -0.05) is 26.0 Å². The van der Waals surface area contributed by atoms with Crippen molar-refractivity contribution in [3.63, 3.8) is 0 Å². The van der Waals surface area contributed by atoms with Crippen molar-refractivity contribution in [2.24, 2.45) is 5.41 Å². The Kier molecular flexibility index (Phi) is 7.96. The first-order valence-corrected chi connectivity index (χ1v) is 11.3. The first-order chi connectivity index (χ1) is 16.0. The van der Waals surface area contributed by atoms with Crippen LogP contribution in [0, 0.1) is 19.3 Å². The molecule has 1 fully saturated rings. The van der Waals surface area contributed by atoms with Gasteiger partial charge in [0.15, 0.2) is 6.23 Å².